The number of thioether (sulfide) groups is 1. The van der Waals surface area contributed by atoms with Gasteiger partial charge < -0.3 is 10.0 Å². The van der Waals surface area contributed by atoms with Gasteiger partial charge in [-0.1, -0.05) is 18.2 Å². The van der Waals surface area contributed by atoms with Crippen molar-refractivity contribution in [3.8, 4) is 0 Å². The van der Waals surface area contributed by atoms with Gasteiger partial charge in [0.25, 0.3) is 0 Å². The Hall–Kier alpha value is -1.00. The van der Waals surface area contributed by atoms with E-state index in [1.54, 1.807) is 16.7 Å². The first-order valence-electron chi connectivity index (χ1n) is 6.39. The molecule has 1 unspecified atom stereocenters. The molecule has 1 aromatic carbocycles. The second-order valence-electron chi connectivity index (χ2n) is 4.55. The molecule has 18 heavy (non-hydrogen) atoms. The molecule has 1 amide bonds. The molecule has 1 aliphatic rings. The summed E-state index contributed by atoms with van der Waals surface area (Å²) in [5, 5.41) is 9.37. The third-order valence-corrected chi connectivity index (χ3v) is 4.16. The van der Waals surface area contributed by atoms with Crippen molar-refractivity contribution in [2.75, 3.05) is 18.8 Å². The summed E-state index contributed by atoms with van der Waals surface area (Å²) in [5.41, 5.74) is 0. The van der Waals surface area contributed by atoms with E-state index >= 15 is 0 Å². The van der Waals surface area contributed by atoms with E-state index in [-0.39, 0.29) is 12.0 Å². The number of nitrogens with zero attached hydrogens (tertiary/aromatic N) is 1. The maximum atomic E-state index is 11.8. The maximum Gasteiger partial charge on any atom is 0.222 e. The van der Waals surface area contributed by atoms with Crippen molar-refractivity contribution in [3.63, 3.8) is 0 Å². The summed E-state index contributed by atoms with van der Waals surface area (Å²) in [6.45, 7) is 1.23. The van der Waals surface area contributed by atoms with Crippen LogP contribution in [0.5, 0.6) is 0 Å². The number of hydrogen-bond acceptors (Lipinski definition) is 3. The second kappa shape index (κ2) is 6.81. The van der Waals surface area contributed by atoms with E-state index < -0.39 is 0 Å². The van der Waals surface area contributed by atoms with Crippen LogP contribution in [-0.2, 0) is 4.79 Å². The molecule has 0 radical (unpaired) electrons. The van der Waals surface area contributed by atoms with Gasteiger partial charge in [-0.3, -0.25) is 4.79 Å². The van der Waals surface area contributed by atoms with Gasteiger partial charge >= 0.3 is 0 Å². The molecular formula is C14H19NO2S. The van der Waals surface area contributed by atoms with E-state index in [1.807, 2.05) is 18.2 Å². The number of aliphatic hydroxyl groups is 1. The van der Waals surface area contributed by atoms with Gasteiger partial charge in [-0.25, -0.2) is 0 Å². The first-order chi connectivity index (χ1) is 8.75. The minimum Gasteiger partial charge on any atom is -0.391 e. The Bertz CT molecular complexity index is 383. The summed E-state index contributed by atoms with van der Waals surface area (Å²) in [5.74, 6) is 1.15. The number of amides is 1. The summed E-state index contributed by atoms with van der Waals surface area (Å²) >= 11 is 1.79. The highest BCUT2D eigenvalue weighted by molar-refractivity contribution is 7.99. The van der Waals surface area contributed by atoms with Gasteiger partial charge in [0.05, 0.1) is 6.10 Å². The highest BCUT2D eigenvalue weighted by Gasteiger charge is 2.23. The van der Waals surface area contributed by atoms with Gasteiger partial charge in [-0.15, -0.1) is 11.8 Å². The minimum atomic E-state index is -0.312. The smallest absolute Gasteiger partial charge is 0.222 e. The molecule has 1 heterocycles. The van der Waals surface area contributed by atoms with Crippen LogP contribution in [0.25, 0.3) is 0 Å². The number of benzene rings is 1. The molecule has 1 N–H and O–H groups in total. The fourth-order valence-electron chi connectivity index (χ4n) is 2.06. The van der Waals surface area contributed by atoms with E-state index in [0.717, 1.165) is 18.6 Å². The van der Waals surface area contributed by atoms with E-state index in [4.69, 9.17) is 0 Å². The molecule has 2 rings (SSSR count). The van der Waals surface area contributed by atoms with Crippen molar-refractivity contribution in [3.05, 3.63) is 30.3 Å². The van der Waals surface area contributed by atoms with E-state index in [9.17, 15) is 9.90 Å². The Morgan fingerprint density at radius 2 is 2.17 bits per heavy atom. The Morgan fingerprint density at radius 3 is 2.83 bits per heavy atom. The summed E-state index contributed by atoms with van der Waals surface area (Å²) in [6.07, 6.45) is 1.90. The molecule has 1 aliphatic heterocycles. The summed E-state index contributed by atoms with van der Waals surface area (Å²) in [4.78, 5) is 14.8. The number of carbonyl (C=O) groups is 1. The average molecular weight is 265 g/mol. The molecule has 1 fully saturated rings. The van der Waals surface area contributed by atoms with Gasteiger partial charge in [-0.2, -0.15) is 0 Å². The van der Waals surface area contributed by atoms with Crippen LogP contribution in [0.4, 0.5) is 0 Å². The van der Waals surface area contributed by atoms with Crippen LogP contribution in [-0.4, -0.2) is 40.9 Å². The molecular weight excluding hydrogens is 246 g/mol. The van der Waals surface area contributed by atoms with Crippen LogP contribution in [0.2, 0.25) is 0 Å². The molecule has 1 atom stereocenters. The van der Waals surface area contributed by atoms with Crippen LogP contribution in [0.15, 0.2) is 35.2 Å². The molecule has 0 saturated carbocycles. The maximum absolute atomic E-state index is 11.8. The van der Waals surface area contributed by atoms with Gasteiger partial charge in [0.15, 0.2) is 0 Å². The lowest BCUT2D eigenvalue weighted by Crippen LogP contribution is -2.29. The van der Waals surface area contributed by atoms with E-state index in [2.05, 4.69) is 12.1 Å². The number of β-amino-alcohol motifs (C(OH)–C–C–N with tert-alkyl or cyclic N) is 1. The molecule has 98 valence electrons. The molecule has 3 nitrogen and oxygen atoms in total. The Labute approximate surface area is 112 Å². The van der Waals surface area contributed by atoms with Crippen molar-refractivity contribution in [2.24, 2.45) is 0 Å². The SMILES string of the molecule is O=C(CCCSc1ccccc1)N1CCC(O)C1. The van der Waals surface area contributed by atoms with Crippen LogP contribution in [0.3, 0.4) is 0 Å². The Morgan fingerprint density at radius 1 is 1.39 bits per heavy atom. The van der Waals surface area contributed by atoms with Crippen LogP contribution >= 0.6 is 11.8 Å². The third kappa shape index (κ3) is 4.03. The largest absolute Gasteiger partial charge is 0.391 e. The highest BCUT2D eigenvalue weighted by atomic mass is 32.2. The average Bonchev–Trinajstić information content (AvgIpc) is 2.82. The highest BCUT2D eigenvalue weighted by Crippen LogP contribution is 2.19. The number of aliphatic hydroxyl groups excluding tert-OH is 1. The van der Waals surface area contributed by atoms with Crippen molar-refractivity contribution in [1.82, 2.24) is 4.90 Å². The lowest BCUT2D eigenvalue weighted by molar-refractivity contribution is -0.130. The summed E-state index contributed by atoms with van der Waals surface area (Å²) in [7, 11) is 0. The predicted molar refractivity (Wildman–Crippen MR) is 73.6 cm³/mol. The number of likely N-dealkylation sites (tertiary alicyclic amines) is 1. The standard InChI is InChI=1S/C14H19NO2S/c16-12-8-9-15(11-12)14(17)7-4-10-18-13-5-2-1-3-6-13/h1-3,5-6,12,16H,4,7-11H2. The topological polar surface area (TPSA) is 40.5 Å². The Balaban J connectivity index is 1.62. The van der Waals surface area contributed by atoms with Gasteiger partial charge in [0.1, 0.15) is 0 Å². The number of carbonyl (C=O) groups excluding carboxylic acids is 1. The van der Waals surface area contributed by atoms with Crippen molar-refractivity contribution in [2.45, 2.75) is 30.3 Å². The first-order valence-corrected chi connectivity index (χ1v) is 7.38. The molecule has 1 saturated heterocycles. The molecule has 4 heteroatoms. The number of rotatable bonds is 5. The normalized spacial score (nSPS) is 19.2. The predicted octanol–water partition coefficient (Wildman–Crippen LogP) is 2.15. The van der Waals surface area contributed by atoms with Crippen LogP contribution in [0, 0.1) is 0 Å². The van der Waals surface area contributed by atoms with E-state index in [1.165, 1.54) is 4.90 Å². The van der Waals surface area contributed by atoms with Crippen molar-refractivity contribution < 1.29 is 9.90 Å². The second-order valence-corrected chi connectivity index (χ2v) is 5.72. The lowest BCUT2D eigenvalue weighted by atomic mass is 10.3. The van der Waals surface area contributed by atoms with Crippen LogP contribution in [0.1, 0.15) is 19.3 Å². The Kier molecular flexibility index (Phi) is 5.08. The molecule has 1 aromatic rings. The van der Waals surface area contributed by atoms with Crippen LogP contribution < -0.4 is 0 Å². The third-order valence-electron chi connectivity index (χ3n) is 3.06. The molecule has 0 spiro atoms. The molecule has 0 aliphatic carbocycles. The van der Waals surface area contributed by atoms with Crippen molar-refractivity contribution >= 4 is 17.7 Å². The summed E-state index contributed by atoms with van der Waals surface area (Å²) in [6, 6.07) is 10.2. The zero-order chi connectivity index (χ0) is 12.8. The quantitative estimate of drug-likeness (QED) is 0.655. The van der Waals surface area contributed by atoms with Gasteiger partial charge in [0, 0.05) is 24.4 Å². The monoisotopic (exact) mass is 265 g/mol. The first kappa shape index (κ1) is 13.4. The fourth-order valence-corrected chi connectivity index (χ4v) is 2.93. The number of hydrogen-bond donors (Lipinski definition) is 1. The zero-order valence-electron chi connectivity index (χ0n) is 10.4. The summed E-state index contributed by atoms with van der Waals surface area (Å²) < 4.78 is 0. The van der Waals surface area contributed by atoms with Gasteiger partial charge in [0.2, 0.25) is 5.91 Å². The lowest BCUT2D eigenvalue weighted by Gasteiger charge is -2.15. The zero-order valence-corrected chi connectivity index (χ0v) is 11.2. The molecule has 0 bridgehead atoms. The minimum absolute atomic E-state index is 0.181. The van der Waals surface area contributed by atoms with Gasteiger partial charge in [-0.05, 0) is 30.7 Å². The van der Waals surface area contributed by atoms with E-state index in [0.29, 0.717) is 19.5 Å². The van der Waals surface area contributed by atoms with Crippen molar-refractivity contribution in [1.29, 1.82) is 0 Å². The fraction of sp³-hybridized carbons (Fsp3) is 0.500. The molecule has 0 aromatic heterocycles.